The van der Waals surface area contributed by atoms with E-state index in [9.17, 15) is 9.59 Å². The van der Waals surface area contributed by atoms with E-state index >= 15 is 0 Å². The quantitative estimate of drug-likeness (QED) is 0.615. The molecule has 1 saturated heterocycles. The average Bonchev–Trinajstić information content (AvgIpc) is 3.12. The van der Waals surface area contributed by atoms with Crippen molar-refractivity contribution < 1.29 is 19.1 Å². The van der Waals surface area contributed by atoms with Gasteiger partial charge in [0.2, 0.25) is 0 Å². The Balaban J connectivity index is 2.18. The number of benzene rings is 1. The molecule has 20 heavy (non-hydrogen) atoms. The third-order valence-electron chi connectivity index (χ3n) is 3.00. The Bertz CT molecular complexity index is 506. The van der Waals surface area contributed by atoms with Gasteiger partial charge in [-0.05, 0) is 26.3 Å². The molecule has 1 aromatic carbocycles. The minimum atomic E-state index is -0.600. The van der Waals surface area contributed by atoms with Gasteiger partial charge in [-0.2, -0.15) is 0 Å². The van der Waals surface area contributed by atoms with Crippen LogP contribution in [0.25, 0.3) is 0 Å². The van der Waals surface area contributed by atoms with Crippen molar-refractivity contribution in [1.82, 2.24) is 4.90 Å². The highest BCUT2D eigenvalue weighted by Gasteiger charge is 2.58. The highest BCUT2D eigenvalue weighted by Crippen LogP contribution is 2.44. The van der Waals surface area contributed by atoms with Crippen LogP contribution in [0.1, 0.15) is 32.4 Å². The van der Waals surface area contributed by atoms with Gasteiger partial charge >= 0.3 is 12.1 Å². The minimum Gasteiger partial charge on any atom is -0.467 e. The van der Waals surface area contributed by atoms with Gasteiger partial charge in [0.1, 0.15) is 5.60 Å². The Labute approximate surface area is 118 Å². The minimum absolute atomic E-state index is 0.307. The maximum Gasteiger partial charge on any atom is 0.411 e. The van der Waals surface area contributed by atoms with Gasteiger partial charge in [0.15, 0.2) is 6.04 Å². The van der Waals surface area contributed by atoms with Crippen molar-refractivity contribution in [2.24, 2.45) is 0 Å². The predicted molar refractivity (Wildman–Crippen MR) is 73.1 cm³/mol. The molecule has 1 aliphatic heterocycles. The summed E-state index contributed by atoms with van der Waals surface area (Å²) in [5, 5.41) is 0. The topological polar surface area (TPSA) is 55.6 Å². The summed E-state index contributed by atoms with van der Waals surface area (Å²) < 4.78 is 10.1. The fraction of sp³-hybridized carbons (Fsp3) is 0.467. The standard InChI is InChI=1S/C15H19NO4/c1-15(2,3)20-14(18)16-11(12(16)13(17)19-4)10-8-6-5-7-9-10/h5-9,11-12H,1-4H3/t11-,12+,16?/m0/s1. The van der Waals surface area contributed by atoms with Crippen LogP contribution in [0, 0.1) is 0 Å². The van der Waals surface area contributed by atoms with E-state index in [0.717, 1.165) is 5.56 Å². The number of rotatable bonds is 2. The molecule has 0 radical (unpaired) electrons. The molecule has 1 fully saturated rings. The van der Waals surface area contributed by atoms with E-state index in [-0.39, 0.29) is 6.04 Å². The number of esters is 1. The summed E-state index contributed by atoms with van der Waals surface area (Å²) in [6, 6.07) is 8.48. The monoisotopic (exact) mass is 277 g/mol. The smallest absolute Gasteiger partial charge is 0.411 e. The lowest BCUT2D eigenvalue weighted by Crippen LogP contribution is -2.29. The van der Waals surface area contributed by atoms with Crippen LogP contribution in [-0.2, 0) is 14.3 Å². The maximum atomic E-state index is 12.1. The summed E-state index contributed by atoms with van der Waals surface area (Å²) in [5.74, 6) is -0.426. The van der Waals surface area contributed by atoms with Crippen LogP contribution in [0.5, 0.6) is 0 Å². The van der Waals surface area contributed by atoms with Crippen LogP contribution < -0.4 is 0 Å². The zero-order chi connectivity index (χ0) is 14.9. The van der Waals surface area contributed by atoms with E-state index in [4.69, 9.17) is 9.47 Å². The second kappa shape index (κ2) is 5.15. The third-order valence-corrected chi connectivity index (χ3v) is 3.00. The summed E-state index contributed by atoms with van der Waals surface area (Å²) in [5.41, 5.74) is 0.301. The average molecular weight is 277 g/mol. The summed E-state index contributed by atoms with van der Waals surface area (Å²) in [6.45, 7) is 5.37. The molecule has 1 heterocycles. The van der Waals surface area contributed by atoms with Crippen molar-refractivity contribution in [2.45, 2.75) is 38.5 Å². The van der Waals surface area contributed by atoms with Crippen molar-refractivity contribution in [1.29, 1.82) is 0 Å². The van der Waals surface area contributed by atoms with Gasteiger partial charge in [-0.15, -0.1) is 0 Å². The molecule has 1 aliphatic rings. The number of ether oxygens (including phenoxy) is 2. The Hall–Kier alpha value is -2.04. The van der Waals surface area contributed by atoms with Crippen LogP contribution in [0.3, 0.4) is 0 Å². The third kappa shape index (κ3) is 2.92. The van der Waals surface area contributed by atoms with E-state index in [1.54, 1.807) is 20.8 Å². The number of carbonyl (C=O) groups excluding carboxylic acids is 2. The van der Waals surface area contributed by atoms with E-state index in [1.807, 2.05) is 30.3 Å². The first kappa shape index (κ1) is 14.4. The molecule has 5 heteroatoms. The van der Waals surface area contributed by atoms with E-state index in [1.165, 1.54) is 12.0 Å². The van der Waals surface area contributed by atoms with Crippen LogP contribution in [0.2, 0.25) is 0 Å². The zero-order valence-electron chi connectivity index (χ0n) is 12.1. The molecular weight excluding hydrogens is 258 g/mol. The van der Waals surface area contributed by atoms with Crippen LogP contribution >= 0.6 is 0 Å². The molecule has 108 valence electrons. The molecule has 0 N–H and O–H groups in total. The Morgan fingerprint density at radius 1 is 1.15 bits per heavy atom. The lowest BCUT2D eigenvalue weighted by Gasteiger charge is -2.20. The van der Waals surface area contributed by atoms with E-state index < -0.39 is 23.7 Å². The molecule has 1 amide bonds. The second-order valence-corrected chi connectivity index (χ2v) is 5.71. The highest BCUT2D eigenvalue weighted by molar-refractivity contribution is 5.88. The maximum absolute atomic E-state index is 12.1. The molecule has 0 aromatic heterocycles. The highest BCUT2D eigenvalue weighted by atomic mass is 16.6. The van der Waals surface area contributed by atoms with Crippen molar-refractivity contribution >= 4 is 12.1 Å². The summed E-state index contributed by atoms with van der Waals surface area (Å²) in [6.07, 6.45) is -0.498. The van der Waals surface area contributed by atoms with E-state index in [0.29, 0.717) is 0 Å². The number of methoxy groups -OCH3 is 1. The first-order chi connectivity index (χ1) is 9.35. The van der Waals surface area contributed by atoms with Crippen molar-refractivity contribution in [2.75, 3.05) is 7.11 Å². The van der Waals surface area contributed by atoms with Gasteiger partial charge in [0.25, 0.3) is 0 Å². The Kier molecular flexibility index (Phi) is 3.70. The fourth-order valence-electron chi connectivity index (χ4n) is 2.13. The van der Waals surface area contributed by atoms with Crippen LogP contribution in [0.4, 0.5) is 4.79 Å². The first-order valence-electron chi connectivity index (χ1n) is 6.49. The largest absolute Gasteiger partial charge is 0.467 e. The normalized spacial score (nSPS) is 21.3. The number of amides is 1. The molecule has 0 aliphatic carbocycles. The van der Waals surface area contributed by atoms with E-state index in [2.05, 4.69) is 0 Å². The molecule has 5 nitrogen and oxygen atoms in total. The molecule has 0 bridgehead atoms. The first-order valence-corrected chi connectivity index (χ1v) is 6.49. The predicted octanol–water partition coefficient (Wildman–Crippen LogP) is 2.52. The van der Waals surface area contributed by atoms with Crippen molar-refractivity contribution in [3.8, 4) is 0 Å². The molecule has 0 spiro atoms. The van der Waals surface area contributed by atoms with Gasteiger partial charge in [0.05, 0.1) is 13.2 Å². The number of carbonyl (C=O) groups is 2. The molecular formula is C15H19NO4. The number of hydrogen-bond donors (Lipinski definition) is 0. The summed E-state index contributed by atoms with van der Waals surface area (Å²) >= 11 is 0. The van der Waals surface area contributed by atoms with Crippen LogP contribution in [0.15, 0.2) is 30.3 Å². The molecule has 2 rings (SSSR count). The summed E-state index contributed by atoms with van der Waals surface area (Å²) in [7, 11) is 1.32. The summed E-state index contributed by atoms with van der Waals surface area (Å²) in [4.78, 5) is 25.3. The lowest BCUT2D eigenvalue weighted by molar-refractivity contribution is -0.140. The molecule has 2 atom stereocenters. The van der Waals surface area contributed by atoms with Gasteiger partial charge in [-0.1, -0.05) is 30.3 Å². The van der Waals surface area contributed by atoms with Gasteiger partial charge in [-0.25, -0.2) is 9.59 Å². The van der Waals surface area contributed by atoms with Gasteiger partial charge < -0.3 is 9.47 Å². The zero-order valence-corrected chi connectivity index (χ0v) is 12.1. The SMILES string of the molecule is COC(=O)[C@H]1[C@H](c2ccccc2)N1C(=O)OC(C)(C)C. The fourth-order valence-corrected chi connectivity index (χ4v) is 2.13. The number of hydrogen-bond acceptors (Lipinski definition) is 4. The molecule has 0 unspecified atom stereocenters. The lowest BCUT2D eigenvalue weighted by atomic mass is 10.1. The molecule has 0 saturated carbocycles. The van der Waals surface area contributed by atoms with Crippen LogP contribution in [-0.4, -0.2) is 35.7 Å². The number of nitrogens with zero attached hydrogens (tertiary/aromatic N) is 1. The van der Waals surface area contributed by atoms with Gasteiger partial charge in [0, 0.05) is 0 Å². The van der Waals surface area contributed by atoms with Gasteiger partial charge in [-0.3, -0.25) is 4.90 Å². The Morgan fingerprint density at radius 3 is 2.25 bits per heavy atom. The second-order valence-electron chi connectivity index (χ2n) is 5.71. The molecule has 1 aromatic rings. The van der Waals surface area contributed by atoms with Crippen molar-refractivity contribution in [3.05, 3.63) is 35.9 Å². The Morgan fingerprint density at radius 2 is 1.75 bits per heavy atom. The van der Waals surface area contributed by atoms with Crippen molar-refractivity contribution in [3.63, 3.8) is 0 Å².